The molecule has 1 amide bonds. The number of ether oxygens (including phenoxy) is 1. The van der Waals surface area contributed by atoms with E-state index < -0.39 is 5.54 Å². The van der Waals surface area contributed by atoms with Crippen molar-refractivity contribution >= 4 is 5.91 Å². The standard InChI is InChI=1S/C15H28N2O2/c1-2-3-12-4-6-13(7-5-12)17-14(18)15(16)8-10-19-11-9-15/h12-13H,2-11,16H2,1H3,(H,17,18). The molecule has 0 atom stereocenters. The molecule has 2 aliphatic rings. The van der Waals surface area contributed by atoms with E-state index in [-0.39, 0.29) is 5.91 Å². The minimum absolute atomic E-state index is 0.0368. The van der Waals surface area contributed by atoms with Crippen molar-refractivity contribution in [1.82, 2.24) is 5.32 Å². The van der Waals surface area contributed by atoms with E-state index in [1.165, 1.54) is 25.7 Å². The molecule has 0 radical (unpaired) electrons. The van der Waals surface area contributed by atoms with E-state index in [0.717, 1.165) is 18.8 Å². The van der Waals surface area contributed by atoms with Crippen LogP contribution in [0.3, 0.4) is 0 Å². The maximum atomic E-state index is 12.3. The van der Waals surface area contributed by atoms with Crippen LogP contribution in [0.4, 0.5) is 0 Å². The third-order valence-electron chi connectivity index (χ3n) is 4.72. The van der Waals surface area contributed by atoms with E-state index >= 15 is 0 Å². The highest BCUT2D eigenvalue weighted by molar-refractivity contribution is 5.86. The molecule has 1 saturated heterocycles. The third-order valence-corrected chi connectivity index (χ3v) is 4.72. The number of carbonyl (C=O) groups is 1. The highest BCUT2D eigenvalue weighted by Crippen LogP contribution is 2.28. The topological polar surface area (TPSA) is 64.4 Å². The van der Waals surface area contributed by atoms with Crippen LogP contribution in [0, 0.1) is 5.92 Å². The van der Waals surface area contributed by atoms with Crippen LogP contribution >= 0.6 is 0 Å². The van der Waals surface area contributed by atoms with E-state index in [0.29, 0.717) is 32.1 Å². The van der Waals surface area contributed by atoms with E-state index in [2.05, 4.69) is 12.2 Å². The monoisotopic (exact) mass is 268 g/mol. The van der Waals surface area contributed by atoms with Crippen molar-refractivity contribution in [3.05, 3.63) is 0 Å². The summed E-state index contributed by atoms with van der Waals surface area (Å²) in [5.74, 6) is 0.905. The lowest BCUT2D eigenvalue weighted by atomic mass is 9.82. The van der Waals surface area contributed by atoms with Gasteiger partial charge in [-0.1, -0.05) is 19.8 Å². The lowest BCUT2D eigenvalue weighted by Crippen LogP contribution is -2.58. The molecule has 110 valence electrons. The fourth-order valence-corrected chi connectivity index (χ4v) is 3.30. The van der Waals surface area contributed by atoms with Gasteiger partial charge in [-0.05, 0) is 44.4 Å². The lowest BCUT2D eigenvalue weighted by Gasteiger charge is -2.35. The van der Waals surface area contributed by atoms with Crippen LogP contribution in [0.5, 0.6) is 0 Å². The Kier molecular flexibility index (Phi) is 5.22. The van der Waals surface area contributed by atoms with Gasteiger partial charge in [0.25, 0.3) is 0 Å². The van der Waals surface area contributed by atoms with E-state index in [4.69, 9.17) is 10.5 Å². The Labute approximate surface area is 116 Å². The zero-order chi connectivity index (χ0) is 13.7. The highest BCUT2D eigenvalue weighted by Gasteiger charge is 2.37. The number of nitrogens with one attached hydrogen (secondary N) is 1. The molecule has 0 unspecified atom stereocenters. The number of rotatable bonds is 4. The average molecular weight is 268 g/mol. The first-order chi connectivity index (χ1) is 9.14. The van der Waals surface area contributed by atoms with Crippen molar-refractivity contribution in [3.8, 4) is 0 Å². The Morgan fingerprint density at radius 1 is 1.26 bits per heavy atom. The summed E-state index contributed by atoms with van der Waals surface area (Å²) in [7, 11) is 0. The summed E-state index contributed by atoms with van der Waals surface area (Å²) in [6, 6.07) is 0.337. The number of nitrogens with two attached hydrogens (primary N) is 1. The summed E-state index contributed by atoms with van der Waals surface area (Å²) < 4.78 is 5.29. The average Bonchev–Trinajstić information content (AvgIpc) is 2.42. The van der Waals surface area contributed by atoms with Gasteiger partial charge in [0.05, 0.1) is 5.54 Å². The summed E-state index contributed by atoms with van der Waals surface area (Å²) in [6.07, 6.45) is 8.62. The molecular formula is C15H28N2O2. The first-order valence-electron chi connectivity index (χ1n) is 7.81. The van der Waals surface area contributed by atoms with Gasteiger partial charge in [-0.15, -0.1) is 0 Å². The smallest absolute Gasteiger partial charge is 0.240 e. The minimum Gasteiger partial charge on any atom is -0.381 e. The number of carbonyl (C=O) groups excluding carboxylic acids is 1. The lowest BCUT2D eigenvalue weighted by molar-refractivity contribution is -0.130. The van der Waals surface area contributed by atoms with Gasteiger partial charge >= 0.3 is 0 Å². The normalized spacial score (nSPS) is 30.8. The molecular weight excluding hydrogens is 240 g/mol. The molecule has 1 saturated carbocycles. The van der Waals surface area contributed by atoms with Crippen LogP contribution in [0.25, 0.3) is 0 Å². The van der Waals surface area contributed by atoms with Gasteiger partial charge in [0, 0.05) is 19.3 Å². The molecule has 19 heavy (non-hydrogen) atoms. The molecule has 4 heteroatoms. The number of amides is 1. The maximum Gasteiger partial charge on any atom is 0.240 e. The quantitative estimate of drug-likeness (QED) is 0.819. The minimum atomic E-state index is -0.696. The Bertz CT molecular complexity index is 293. The fraction of sp³-hybridized carbons (Fsp3) is 0.933. The van der Waals surface area contributed by atoms with Crippen LogP contribution in [-0.2, 0) is 9.53 Å². The van der Waals surface area contributed by atoms with Crippen molar-refractivity contribution < 1.29 is 9.53 Å². The van der Waals surface area contributed by atoms with Crippen LogP contribution in [0.2, 0.25) is 0 Å². The molecule has 0 aromatic carbocycles. The van der Waals surface area contributed by atoms with Gasteiger partial charge in [0.1, 0.15) is 0 Å². The predicted molar refractivity (Wildman–Crippen MR) is 75.8 cm³/mol. The summed E-state index contributed by atoms with van der Waals surface area (Å²) in [4.78, 5) is 12.3. The van der Waals surface area contributed by atoms with Crippen LogP contribution in [0.15, 0.2) is 0 Å². The zero-order valence-electron chi connectivity index (χ0n) is 12.1. The second kappa shape index (κ2) is 6.71. The van der Waals surface area contributed by atoms with Gasteiger partial charge in [0.2, 0.25) is 5.91 Å². The van der Waals surface area contributed by atoms with Crippen molar-refractivity contribution in [2.24, 2.45) is 11.7 Å². The zero-order valence-corrected chi connectivity index (χ0v) is 12.1. The highest BCUT2D eigenvalue weighted by atomic mass is 16.5. The summed E-state index contributed by atoms with van der Waals surface area (Å²) in [6.45, 7) is 3.46. The molecule has 0 aromatic rings. The summed E-state index contributed by atoms with van der Waals surface area (Å²) >= 11 is 0. The largest absolute Gasteiger partial charge is 0.381 e. The Hall–Kier alpha value is -0.610. The first kappa shape index (κ1) is 14.8. The first-order valence-corrected chi connectivity index (χ1v) is 7.81. The molecule has 2 rings (SSSR count). The van der Waals surface area contributed by atoms with E-state index in [1.807, 2.05) is 0 Å². The Morgan fingerprint density at radius 2 is 1.89 bits per heavy atom. The van der Waals surface area contributed by atoms with Gasteiger partial charge in [-0.2, -0.15) is 0 Å². The second-order valence-corrected chi connectivity index (χ2v) is 6.25. The molecule has 1 aliphatic heterocycles. The summed E-state index contributed by atoms with van der Waals surface area (Å²) in [5.41, 5.74) is 5.51. The molecule has 2 fully saturated rings. The van der Waals surface area contributed by atoms with E-state index in [1.54, 1.807) is 0 Å². The summed E-state index contributed by atoms with van der Waals surface area (Å²) in [5, 5.41) is 3.17. The van der Waals surface area contributed by atoms with Gasteiger partial charge in [-0.25, -0.2) is 0 Å². The molecule has 4 nitrogen and oxygen atoms in total. The SMILES string of the molecule is CCCC1CCC(NC(=O)C2(N)CCOCC2)CC1. The van der Waals surface area contributed by atoms with Gasteiger partial charge in [0.15, 0.2) is 0 Å². The van der Waals surface area contributed by atoms with Crippen molar-refractivity contribution in [2.45, 2.75) is 69.9 Å². The third kappa shape index (κ3) is 3.93. The Balaban J connectivity index is 1.77. The molecule has 1 aliphatic carbocycles. The van der Waals surface area contributed by atoms with Crippen molar-refractivity contribution in [1.29, 1.82) is 0 Å². The Morgan fingerprint density at radius 3 is 2.47 bits per heavy atom. The van der Waals surface area contributed by atoms with Crippen LogP contribution in [0.1, 0.15) is 58.3 Å². The van der Waals surface area contributed by atoms with Crippen molar-refractivity contribution in [2.75, 3.05) is 13.2 Å². The van der Waals surface area contributed by atoms with Gasteiger partial charge in [-0.3, -0.25) is 4.79 Å². The van der Waals surface area contributed by atoms with Gasteiger partial charge < -0.3 is 15.8 Å². The molecule has 0 spiro atoms. The second-order valence-electron chi connectivity index (χ2n) is 6.25. The molecule has 3 N–H and O–H groups in total. The van der Waals surface area contributed by atoms with E-state index in [9.17, 15) is 4.79 Å². The molecule has 0 aromatic heterocycles. The predicted octanol–water partition coefficient (Wildman–Crippen LogP) is 1.97. The molecule has 0 bridgehead atoms. The fourth-order valence-electron chi connectivity index (χ4n) is 3.30. The number of hydrogen-bond donors (Lipinski definition) is 2. The van der Waals surface area contributed by atoms with Crippen molar-refractivity contribution in [3.63, 3.8) is 0 Å². The molecule has 1 heterocycles. The van der Waals surface area contributed by atoms with Crippen LogP contribution < -0.4 is 11.1 Å². The van der Waals surface area contributed by atoms with Crippen LogP contribution in [-0.4, -0.2) is 30.7 Å². The maximum absolute atomic E-state index is 12.3. The number of hydrogen-bond acceptors (Lipinski definition) is 3.